The summed E-state index contributed by atoms with van der Waals surface area (Å²) in [5.41, 5.74) is 4.44. The van der Waals surface area contributed by atoms with Crippen LogP contribution >= 0.6 is 0 Å². The van der Waals surface area contributed by atoms with Crippen LogP contribution in [0.2, 0.25) is 0 Å². The van der Waals surface area contributed by atoms with Crippen molar-refractivity contribution in [2.75, 3.05) is 7.11 Å². The molecule has 2 rings (SSSR count). The molecule has 2 aromatic carbocycles. The van der Waals surface area contributed by atoms with Crippen LogP contribution in [0.4, 0.5) is 0 Å². The minimum atomic E-state index is -0.571. The fourth-order valence-electron chi connectivity index (χ4n) is 3.37. The Labute approximate surface area is 169 Å². The van der Waals surface area contributed by atoms with Gasteiger partial charge in [-0.15, -0.1) is 0 Å². The molecule has 4 heteroatoms. The van der Waals surface area contributed by atoms with Crippen molar-refractivity contribution >= 4 is 5.91 Å². The molecule has 4 nitrogen and oxygen atoms in total. The summed E-state index contributed by atoms with van der Waals surface area (Å²) >= 11 is 0. The van der Waals surface area contributed by atoms with Gasteiger partial charge in [0.1, 0.15) is 11.5 Å². The van der Waals surface area contributed by atoms with E-state index >= 15 is 0 Å². The Balaban J connectivity index is 2.14. The molecule has 0 aromatic heterocycles. The molecule has 0 saturated carbocycles. The minimum Gasteiger partial charge on any atom is -0.496 e. The molecule has 0 fully saturated rings. The van der Waals surface area contributed by atoms with E-state index < -0.39 is 6.10 Å². The van der Waals surface area contributed by atoms with Crippen molar-refractivity contribution in [3.63, 3.8) is 0 Å². The van der Waals surface area contributed by atoms with Crippen molar-refractivity contribution in [2.45, 2.75) is 66.0 Å². The summed E-state index contributed by atoms with van der Waals surface area (Å²) in [5.74, 6) is 1.87. The fraction of sp³-hybridized carbons (Fsp3) is 0.458. The van der Waals surface area contributed by atoms with E-state index in [0.717, 1.165) is 40.2 Å². The lowest BCUT2D eigenvalue weighted by Crippen LogP contribution is -2.38. The second-order valence-electron chi connectivity index (χ2n) is 7.56. The highest BCUT2D eigenvalue weighted by Gasteiger charge is 2.21. The molecule has 0 spiro atoms. The number of aryl methyl sites for hydroxylation is 2. The molecule has 1 N–H and O–H groups in total. The third kappa shape index (κ3) is 5.06. The first-order chi connectivity index (χ1) is 13.3. The van der Waals surface area contributed by atoms with Crippen molar-refractivity contribution in [3.05, 3.63) is 58.7 Å². The molecule has 0 bridgehead atoms. The van der Waals surface area contributed by atoms with Crippen LogP contribution in [0.5, 0.6) is 11.5 Å². The largest absolute Gasteiger partial charge is 0.496 e. The Morgan fingerprint density at radius 2 is 1.71 bits per heavy atom. The van der Waals surface area contributed by atoms with E-state index in [0.29, 0.717) is 5.92 Å². The maximum atomic E-state index is 12.7. The van der Waals surface area contributed by atoms with Crippen molar-refractivity contribution in [3.8, 4) is 11.5 Å². The van der Waals surface area contributed by atoms with Crippen LogP contribution in [0.1, 0.15) is 68.8 Å². The molecule has 0 heterocycles. The quantitative estimate of drug-likeness (QED) is 0.670. The van der Waals surface area contributed by atoms with E-state index in [1.165, 1.54) is 0 Å². The SMILES string of the molecule is CCc1ccccc1OC(C)C(=O)NC(C)c1cc(C(C)C)c(OC)cc1C. The molecular weight excluding hydrogens is 350 g/mol. The average Bonchev–Trinajstić information content (AvgIpc) is 2.67. The second kappa shape index (κ2) is 9.63. The highest BCUT2D eigenvalue weighted by Crippen LogP contribution is 2.32. The van der Waals surface area contributed by atoms with E-state index in [1.54, 1.807) is 14.0 Å². The maximum absolute atomic E-state index is 12.7. The van der Waals surface area contributed by atoms with E-state index in [1.807, 2.05) is 44.2 Å². The predicted molar refractivity (Wildman–Crippen MR) is 114 cm³/mol. The van der Waals surface area contributed by atoms with Gasteiger partial charge in [0.2, 0.25) is 0 Å². The van der Waals surface area contributed by atoms with E-state index in [-0.39, 0.29) is 11.9 Å². The van der Waals surface area contributed by atoms with Gasteiger partial charge in [-0.1, -0.05) is 39.0 Å². The van der Waals surface area contributed by atoms with Crippen LogP contribution in [-0.2, 0) is 11.2 Å². The van der Waals surface area contributed by atoms with Crippen molar-refractivity contribution in [1.82, 2.24) is 5.32 Å². The summed E-state index contributed by atoms with van der Waals surface area (Å²) in [6.45, 7) is 12.2. The average molecular weight is 384 g/mol. The zero-order valence-corrected chi connectivity index (χ0v) is 18.1. The van der Waals surface area contributed by atoms with Gasteiger partial charge in [0.05, 0.1) is 13.2 Å². The van der Waals surface area contributed by atoms with Crippen LogP contribution in [-0.4, -0.2) is 19.1 Å². The molecule has 0 aliphatic rings. The standard InChI is InChI=1S/C24H33NO3/c1-8-19-11-9-10-12-22(19)28-18(6)24(26)25-17(5)21-14-20(15(2)3)23(27-7)13-16(21)4/h9-15,17-18H,8H2,1-7H3,(H,25,26). The van der Waals surface area contributed by atoms with E-state index in [2.05, 4.69) is 32.2 Å². The Hall–Kier alpha value is -2.49. The predicted octanol–water partition coefficient (Wildman–Crippen LogP) is 5.33. The van der Waals surface area contributed by atoms with Crippen molar-refractivity contribution in [2.24, 2.45) is 0 Å². The van der Waals surface area contributed by atoms with Gasteiger partial charge in [-0.05, 0) is 73.6 Å². The number of hydrogen-bond donors (Lipinski definition) is 1. The second-order valence-corrected chi connectivity index (χ2v) is 7.56. The van der Waals surface area contributed by atoms with Gasteiger partial charge in [-0.3, -0.25) is 4.79 Å². The molecule has 0 aliphatic heterocycles. The number of nitrogens with one attached hydrogen (secondary N) is 1. The Kier molecular flexibility index (Phi) is 7.50. The van der Waals surface area contributed by atoms with Gasteiger partial charge in [0.25, 0.3) is 5.91 Å². The first-order valence-electron chi connectivity index (χ1n) is 10.0. The van der Waals surface area contributed by atoms with E-state index in [4.69, 9.17) is 9.47 Å². The molecule has 2 atom stereocenters. The number of hydrogen-bond acceptors (Lipinski definition) is 3. The maximum Gasteiger partial charge on any atom is 0.261 e. The number of amides is 1. The third-order valence-electron chi connectivity index (χ3n) is 5.09. The number of ether oxygens (including phenoxy) is 2. The summed E-state index contributed by atoms with van der Waals surface area (Å²) in [6, 6.07) is 11.9. The van der Waals surface area contributed by atoms with Gasteiger partial charge >= 0.3 is 0 Å². The zero-order valence-electron chi connectivity index (χ0n) is 18.1. The highest BCUT2D eigenvalue weighted by atomic mass is 16.5. The highest BCUT2D eigenvalue weighted by molar-refractivity contribution is 5.81. The topological polar surface area (TPSA) is 47.6 Å². The molecule has 0 radical (unpaired) electrons. The monoisotopic (exact) mass is 383 g/mol. The molecule has 1 amide bonds. The van der Waals surface area contributed by atoms with Crippen LogP contribution in [0.25, 0.3) is 0 Å². The Bertz CT molecular complexity index is 813. The summed E-state index contributed by atoms with van der Waals surface area (Å²) in [7, 11) is 1.69. The number of methoxy groups -OCH3 is 1. The van der Waals surface area contributed by atoms with Gasteiger partial charge in [-0.2, -0.15) is 0 Å². The molecule has 152 valence electrons. The van der Waals surface area contributed by atoms with Gasteiger partial charge in [-0.25, -0.2) is 0 Å². The van der Waals surface area contributed by atoms with Crippen LogP contribution < -0.4 is 14.8 Å². The molecule has 2 unspecified atom stereocenters. The number of para-hydroxylation sites is 1. The lowest BCUT2D eigenvalue weighted by Gasteiger charge is -2.23. The minimum absolute atomic E-state index is 0.122. The van der Waals surface area contributed by atoms with E-state index in [9.17, 15) is 4.79 Å². The van der Waals surface area contributed by atoms with Crippen LogP contribution in [0.15, 0.2) is 36.4 Å². The fourth-order valence-corrected chi connectivity index (χ4v) is 3.37. The first-order valence-corrected chi connectivity index (χ1v) is 10.0. The summed E-state index contributed by atoms with van der Waals surface area (Å²) in [5, 5.41) is 3.09. The van der Waals surface area contributed by atoms with Crippen LogP contribution in [0.3, 0.4) is 0 Å². The van der Waals surface area contributed by atoms with Gasteiger partial charge in [0, 0.05) is 0 Å². The first kappa shape index (κ1) is 21.8. The summed E-state index contributed by atoms with van der Waals surface area (Å²) in [4.78, 5) is 12.7. The van der Waals surface area contributed by atoms with Crippen molar-refractivity contribution in [1.29, 1.82) is 0 Å². The molecule has 0 aliphatic carbocycles. The zero-order chi connectivity index (χ0) is 20.8. The van der Waals surface area contributed by atoms with Crippen molar-refractivity contribution < 1.29 is 14.3 Å². The number of rotatable bonds is 8. The summed E-state index contributed by atoms with van der Waals surface area (Å²) in [6.07, 6.45) is 0.294. The molecule has 2 aromatic rings. The number of benzene rings is 2. The molecule has 0 saturated heterocycles. The number of carbonyl (C=O) groups excluding carboxylic acids is 1. The lowest BCUT2D eigenvalue weighted by molar-refractivity contribution is -0.127. The normalized spacial score (nSPS) is 13.1. The third-order valence-corrected chi connectivity index (χ3v) is 5.09. The molecule has 28 heavy (non-hydrogen) atoms. The number of carbonyl (C=O) groups is 1. The van der Waals surface area contributed by atoms with Crippen LogP contribution in [0, 0.1) is 6.92 Å². The molecular formula is C24H33NO3. The van der Waals surface area contributed by atoms with Gasteiger partial charge in [0.15, 0.2) is 6.10 Å². The summed E-state index contributed by atoms with van der Waals surface area (Å²) < 4.78 is 11.5. The lowest BCUT2D eigenvalue weighted by atomic mass is 9.93. The smallest absolute Gasteiger partial charge is 0.261 e. The Morgan fingerprint density at radius 1 is 1.04 bits per heavy atom. The Morgan fingerprint density at radius 3 is 2.32 bits per heavy atom. The van der Waals surface area contributed by atoms with Gasteiger partial charge < -0.3 is 14.8 Å².